The largest absolute Gasteiger partial charge is 0.371 e. The van der Waals surface area contributed by atoms with Crippen LogP contribution in [0.3, 0.4) is 0 Å². The van der Waals surface area contributed by atoms with Gasteiger partial charge in [0.05, 0.1) is 11.3 Å². The number of primary amides is 1. The number of carbonyl (C=O) groups is 2. The van der Waals surface area contributed by atoms with Gasteiger partial charge in [0, 0.05) is 44.5 Å². The number of hydrogen-bond acceptors (Lipinski definition) is 4. The molecule has 0 unspecified atom stereocenters. The summed E-state index contributed by atoms with van der Waals surface area (Å²) in [6.07, 6.45) is 7.07. The van der Waals surface area contributed by atoms with Crippen molar-refractivity contribution in [1.29, 1.82) is 0 Å². The Morgan fingerprint density at radius 1 is 1.12 bits per heavy atom. The molecule has 2 fully saturated rings. The van der Waals surface area contributed by atoms with E-state index in [9.17, 15) is 9.59 Å². The third-order valence-electron chi connectivity index (χ3n) is 5.34. The van der Waals surface area contributed by atoms with Crippen molar-refractivity contribution in [1.82, 2.24) is 9.88 Å². The molecule has 2 amide bonds. The number of nitrogens with two attached hydrogens (primary N) is 1. The van der Waals surface area contributed by atoms with E-state index in [0.29, 0.717) is 11.5 Å². The molecule has 2 N–H and O–H groups in total. The van der Waals surface area contributed by atoms with Gasteiger partial charge in [-0.05, 0) is 37.7 Å². The van der Waals surface area contributed by atoms with E-state index in [1.165, 1.54) is 6.20 Å². The van der Waals surface area contributed by atoms with Crippen LogP contribution < -0.4 is 10.6 Å². The molecular weight excluding hydrogens is 304 g/mol. The van der Waals surface area contributed by atoms with Crippen LogP contribution in [0.2, 0.25) is 0 Å². The molecule has 0 saturated carbocycles. The van der Waals surface area contributed by atoms with E-state index in [1.54, 1.807) is 6.20 Å². The summed E-state index contributed by atoms with van der Waals surface area (Å²) in [6.45, 7) is 5.59. The van der Waals surface area contributed by atoms with Gasteiger partial charge in [-0.15, -0.1) is 0 Å². The molecule has 0 spiro atoms. The maximum absolute atomic E-state index is 12.7. The third-order valence-corrected chi connectivity index (χ3v) is 5.34. The number of pyridine rings is 1. The molecule has 1 aromatic rings. The smallest absolute Gasteiger partial charge is 0.252 e. The number of aromatic nitrogens is 1. The van der Waals surface area contributed by atoms with E-state index in [0.717, 1.165) is 63.5 Å². The molecule has 6 nitrogen and oxygen atoms in total. The van der Waals surface area contributed by atoms with Gasteiger partial charge in [-0.25, -0.2) is 0 Å². The highest BCUT2D eigenvalue weighted by molar-refractivity contribution is 5.98. The van der Waals surface area contributed by atoms with Crippen molar-refractivity contribution < 1.29 is 9.59 Å². The second kappa shape index (κ2) is 7.20. The Bertz CT molecular complexity index is 603. The summed E-state index contributed by atoms with van der Waals surface area (Å²) in [6, 6.07) is 1.83. The van der Waals surface area contributed by atoms with Crippen LogP contribution in [-0.2, 0) is 4.79 Å². The minimum atomic E-state index is -0.460. The summed E-state index contributed by atoms with van der Waals surface area (Å²) in [4.78, 5) is 32.4. The quantitative estimate of drug-likeness (QED) is 0.914. The first-order valence-electron chi connectivity index (χ1n) is 8.84. The van der Waals surface area contributed by atoms with E-state index < -0.39 is 5.91 Å². The lowest BCUT2D eigenvalue weighted by molar-refractivity contribution is -0.137. The summed E-state index contributed by atoms with van der Waals surface area (Å²) in [5, 5.41) is 0. The number of anilines is 1. The Morgan fingerprint density at radius 2 is 1.79 bits per heavy atom. The average Bonchev–Trinajstić information content (AvgIpc) is 2.62. The second-order valence-electron chi connectivity index (χ2n) is 7.03. The maximum Gasteiger partial charge on any atom is 0.252 e. The molecule has 2 aliphatic rings. The van der Waals surface area contributed by atoms with Crippen LogP contribution in [0.5, 0.6) is 0 Å². The second-order valence-corrected chi connectivity index (χ2v) is 7.03. The first-order chi connectivity index (χ1) is 11.6. The van der Waals surface area contributed by atoms with Gasteiger partial charge < -0.3 is 15.5 Å². The predicted octanol–water partition coefficient (Wildman–Crippen LogP) is 1.66. The van der Waals surface area contributed by atoms with E-state index in [1.807, 2.05) is 11.0 Å². The molecule has 0 radical (unpaired) electrons. The highest BCUT2D eigenvalue weighted by atomic mass is 16.2. The molecule has 1 aromatic heterocycles. The molecule has 24 heavy (non-hydrogen) atoms. The Labute approximate surface area is 143 Å². The van der Waals surface area contributed by atoms with Crippen LogP contribution in [0, 0.1) is 11.8 Å². The van der Waals surface area contributed by atoms with Crippen LogP contribution in [0.25, 0.3) is 0 Å². The van der Waals surface area contributed by atoms with Gasteiger partial charge in [-0.1, -0.05) is 6.92 Å². The number of rotatable bonds is 3. The average molecular weight is 330 g/mol. The van der Waals surface area contributed by atoms with Gasteiger partial charge in [0.15, 0.2) is 0 Å². The van der Waals surface area contributed by atoms with Crippen molar-refractivity contribution in [2.75, 3.05) is 31.1 Å². The number of carbonyl (C=O) groups excluding carboxylic acids is 2. The summed E-state index contributed by atoms with van der Waals surface area (Å²) in [5.41, 5.74) is 6.72. The van der Waals surface area contributed by atoms with Gasteiger partial charge in [0.1, 0.15) is 0 Å². The van der Waals surface area contributed by atoms with E-state index in [4.69, 9.17) is 5.73 Å². The molecule has 3 rings (SSSR count). The number of hydrogen-bond donors (Lipinski definition) is 1. The predicted molar refractivity (Wildman–Crippen MR) is 92.7 cm³/mol. The molecule has 0 bridgehead atoms. The van der Waals surface area contributed by atoms with Gasteiger partial charge in [0.2, 0.25) is 5.91 Å². The lowest BCUT2D eigenvalue weighted by atomic mass is 9.92. The maximum atomic E-state index is 12.7. The van der Waals surface area contributed by atoms with Crippen molar-refractivity contribution in [3.8, 4) is 0 Å². The van der Waals surface area contributed by atoms with Crippen molar-refractivity contribution >= 4 is 17.5 Å². The Balaban J connectivity index is 1.60. The van der Waals surface area contributed by atoms with Crippen LogP contribution in [0.1, 0.15) is 43.0 Å². The van der Waals surface area contributed by atoms with Crippen molar-refractivity contribution in [2.45, 2.75) is 32.6 Å². The van der Waals surface area contributed by atoms with Gasteiger partial charge in [-0.3, -0.25) is 14.6 Å². The van der Waals surface area contributed by atoms with E-state index in [-0.39, 0.29) is 5.92 Å². The Morgan fingerprint density at radius 3 is 2.42 bits per heavy atom. The van der Waals surface area contributed by atoms with Crippen LogP contribution in [0.4, 0.5) is 5.69 Å². The number of piperidine rings is 2. The van der Waals surface area contributed by atoms with Gasteiger partial charge in [0.25, 0.3) is 5.91 Å². The lowest BCUT2D eigenvalue weighted by Crippen LogP contribution is -2.45. The molecular formula is C18H26N4O2. The molecule has 3 heterocycles. The van der Waals surface area contributed by atoms with Crippen molar-refractivity contribution in [2.24, 2.45) is 17.6 Å². The molecule has 2 saturated heterocycles. The Hall–Kier alpha value is -2.11. The molecule has 130 valence electrons. The van der Waals surface area contributed by atoms with Crippen molar-refractivity contribution in [3.05, 3.63) is 24.0 Å². The fourth-order valence-corrected chi connectivity index (χ4v) is 3.71. The zero-order valence-electron chi connectivity index (χ0n) is 14.3. The summed E-state index contributed by atoms with van der Waals surface area (Å²) in [7, 11) is 0. The monoisotopic (exact) mass is 330 g/mol. The van der Waals surface area contributed by atoms with Gasteiger partial charge in [-0.2, -0.15) is 0 Å². The minimum absolute atomic E-state index is 0.105. The summed E-state index contributed by atoms with van der Waals surface area (Å²) >= 11 is 0. The van der Waals surface area contributed by atoms with Crippen LogP contribution in [-0.4, -0.2) is 47.9 Å². The Kier molecular flexibility index (Phi) is 5.02. The molecule has 6 heteroatoms. The number of amides is 2. The molecule has 0 atom stereocenters. The fraction of sp³-hybridized carbons (Fsp3) is 0.611. The zero-order valence-corrected chi connectivity index (χ0v) is 14.3. The SMILES string of the molecule is CC1CCN(C(=O)C2CCN(c3ccncc3C(N)=O)CC2)CC1. The standard InChI is InChI=1S/C18H26N4O2/c1-13-3-8-22(9-4-13)18(24)14-5-10-21(11-6-14)16-2-7-20-12-15(16)17(19)23/h2,7,12-14H,3-6,8-11H2,1H3,(H2,19,23). The summed E-state index contributed by atoms with van der Waals surface area (Å²) in [5.74, 6) is 0.688. The molecule has 0 aliphatic carbocycles. The number of likely N-dealkylation sites (tertiary alicyclic amines) is 1. The van der Waals surface area contributed by atoms with E-state index >= 15 is 0 Å². The molecule has 2 aliphatic heterocycles. The number of nitrogens with zero attached hydrogens (tertiary/aromatic N) is 3. The van der Waals surface area contributed by atoms with Crippen molar-refractivity contribution in [3.63, 3.8) is 0 Å². The molecule has 0 aromatic carbocycles. The first-order valence-corrected chi connectivity index (χ1v) is 8.84. The van der Waals surface area contributed by atoms with Crippen LogP contribution >= 0.6 is 0 Å². The van der Waals surface area contributed by atoms with E-state index in [2.05, 4.69) is 16.8 Å². The normalized spacial score (nSPS) is 20.2. The zero-order chi connectivity index (χ0) is 17.1. The topological polar surface area (TPSA) is 79.5 Å². The van der Waals surface area contributed by atoms with Gasteiger partial charge >= 0.3 is 0 Å². The summed E-state index contributed by atoms with van der Waals surface area (Å²) < 4.78 is 0. The third kappa shape index (κ3) is 3.52. The highest BCUT2D eigenvalue weighted by Crippen LogP contribution is 2.28. The minimum Gasteiger partial charge on any atom is -0.371 e. The lowest BCUT2D eigenvalue weighted by Gasteiger charge is -2.37. The van der Waals surface area contributed by atoms with Crippen LogP contribution in [0.15, 0.2) is 18.5 Å². The fourth-order valence-electron chi connectivity index (χ4n) is 3.71. The highest BCUT2D eigenvalue weighted by Gasteiger charge is 2.31. The first kappa shape index (κ1) is 16.7.